The Balaban J connectivity index is 0. The minimum absolute atomic E-state index is 0. The average Bonchev–Trinajstić information content (AvgIpc) is 2.34. The molecule has 0 aromatic rings. The third kappa shape index (κ3) is 13.3. The van der Waals surface area contributed by atoms with Gasteiger partial charge in [-0.1, -0.05) is 0 Å². The fourth-order valence-corrected chi connectivity index (χ4v) is 3.36. The molecule has 0 aromatic carbocycles. The fraction of sp³-hybridized carbons (Fsp3) is 0.750. The number of hydrogen-bond donors (Lipinski definition) is 0. The molecule has 128 valence electrons. The standard InChI is InChI=1S/C12H22N2O6S2.2Na/c1-14-7-6-13-12(10-14)11(4-2-8-21(15,16)17)5-3-9-22(18,19)20;;/h6-7,11H,2-5,8-10H2,1H3,(H,15,16,17)(H,18,19,20);;/q;2*+1/p-2. The van der Waals surface area contributed by atoms with Gasteiger partial charge in [0.2, 0.25) is 0 Å². The minimum atomic E-state index is -4.27. The van der Waals surface area contributed by atoms with Gasteiger partial charge in [-0.2, -0.15) is 0 Å². The van der Waals surface area contributed by atoms with Gasteiger partial charge in [0.1, 0.15) is 0 Å². The van der Waals surface area contributed by atoms with Crippen LogP contribution in [-0.4, -0.2) is 61.7 Å². The monoisotopic (exact) mass is 398 g/mol. The predicted molar refractivity (Wildman–Crippen MR) is 80.3 cm³/mol. The maximum absolute atomic E-state index is 10.7. The van der Waals surface area contributed by atoms with Gasteiger partial charge in [0, 0.05) is 36.7 Å². The molecule has 0 unspecified atom stereocenters. The molecule has 0 amide bonds. The van der Waals surface area contributed by atoms with Crippen molar-refractivity contribution in [3.63, 3.8) is 0 Å². The fourth-order valence-electron chi connectivity index (χ4n) is 2.32. The summed E-state index contributed by atoms with van der Waals surface area (Å²) >= 11 is 0. The van der Waals surface area contributed by atoms with E-state index in [2.05, 4.69) is 4.99 Å². The molecule has 0 atom stereocenters. The number of rotatable bonds is 9. The van der Waals surface area contributed by atoms with Crippen LogP contribution in [-0.2, 0) is 20.2 Å². The zero-order chi connectivity index (χ0) is 16.8. The van der Waals surface area contributed by atoms with Crippen molar-refractivity contribution in [2.45, 2.75) is 25.7 Å². The summed E-state index contributed by atoms with van der Waals surface area (Å²) in [5.74, 6) is -1.05. The van der Waals surface area contributed by atoms with Crippen LogP contribution in [0.2, 0.25) is 0 Å². The summed E-state index contributed by atoms with van der Waals surface area (Å²) < 4.78 is 64.0. The van der Waals surface area contributed by atoms with Gasteiger partial charge in [-0.3, -0.25) is 4.99 Å². The molecule has 0 bridgehead atoms. The first-order chi connectivity index (χ1) is 10.1. The van der Waals surface area contributed by atoms with Crippen LogP contribution in [0.5, 0.6) is 0 Å². The van der Waals surface area contributed by atoms with Gasteiger partial charge in [0.15, 0.2) is 0 Å². The summed E-state index contributed by atoms with van der Waals surface area (Å²) in [7, 11) is -6.68. The van der Waals surface area contributed by atoms with Crippen LogP contribution in [0.3, 0.4) is 0 Å². The summed E-state index contributed by atoms with van der Waals surface area (Å²) in [6.07, 6.45) is 4.60. The van der Waals surface area contributed by atoms with Crippen LogP contribution < -0.4 is 59.1 Å². The summed E-state index contributed by atoms with van der Waals surface area (Å²) in [6.45, 7) is 0.551. The van der Waals surface area contributed by atoms with Gasteiger partial charge < -0.3 is 14.0 Å². The topological polar surface area (TPSA) is 130 Å². The Morgan fingerprint density at radius 2 is 1.54 bits per heavy atom. The summed E-state index contributed by atoms with van der Waals surface area (Å²) in [4.78, 5) is 6.14. The van der Waals surface area contributed by atoms with Gasteiger partial charge in [-0.25, -0.2) is 16.8 Å². The SMILES string of the molecule is CN1C=CN=C(C(CCCS(=O)(=O)[O-])CCCS(=O)(=O)[O-])C1.[Na+].[Na+]. The molecule has 0 saturated heterocycles. The second-order valence-corrected chi connectivity index (χ2v) is 8.39. The quantitative estimate of drug-likeness (QED) is 0.279. The summed E-state index contributed by atoms with van der Waals surface area (Å²) in [5.41, 5.74) is 0.802. The third-order valence-electron chi connectivity index (χ3n) is 3.34. The maximum Gasteiger partial charge on any atom is 1.00 e. The van der Waals surface area contributed by atoms with E-state index in [1.807, 2.05) is 11.9 Å². The Morgan fingerprint density at radius 3 is 1.92 bits per heavy atom. The van der Waals surface area contributed by atoms with Crippen molar-refractivity contribution in [1.82, 2.24) is 4.90 Å². The van der Waals surface area contributed by atoms with E-state index in [4.69, 9.17) is 0 Å². The van der Waals surface area contributed by atoms with Crippen molar-refractivity contribution in [3.8, 4) is 0 Å². The first-order valence-corrected chi connectivity index (χ1v) is 10.0. The normalized spacial score (nSPS) is 14.8. The van der Waals surface area contributed by atoms with Gasteiger partial charge in [0.05, 0.1) is 26.8 Å². The van der Waals surface area contributed by atoms with E-state index in [-0.39, 0.29) is 77.9 Å². The van der Waals surface area contributed by atoms with Crippen LogP contribution in [0.1, 0.15) is 25.7 Å². The molecule has 0 aliphatic carbocycles. The molecule has 1 heterocycles. The Bertz CT molecular complexity index is 596. The third-order valence-corrected chi connectivity index (χ3v) is 4.92. The zero-order valence-corrected chi connectivity index (χ0v) is 20.0. The molecule has 0 N–H and O–H groups in total. The zero-order valence-electron chi connectivity index (χ0n) is 14.3. The first kappa shape index (κ1) is 27.3. The number of aliphatic imine (C=N–C) groups is 1. The smallest absolute Gasteiger partial charge is 0.748 e. The van der Waals surface area contributed by atoms with E-state index < -0.39 is 31.7 Å². The molecule has 0 fully saturated rings. The molecular formula is C12H20N2Na2O6S2. The Hall–Kier alpha value is 1.03. The molecule has 12 heteroatoms. The molecule has 1 rings (SSSR count). The van der Waals surface area contributed by atoms with Crippen molar-refractivity contribution in [2.75, 3.05) is 25.1 Å². The van der Waals surface area contributed by atoms with Crippen molar-refractivity contribution >= 4 is 25.9 Å². The Morgan fingerprint density at radius 1 is 1.08 bits per heavy atom. The maximum atomic E-state index is 10.7. The number of hydrogen-bond acceptors (Lipinski definition) is 8. The molecule has 0 saturated carbocycles. The van der Waals surface area contributed by atoms with E-state index in [1.165, 1.54) is 0 Å². The second kappa shape index (κ2) is 12.4. The van der Waals surface area contributed by atoms with Crippen LogP contribution in [0.15, 0.2) is 17.4 Å². The molecular weight excluding hydrogens is 378 g/mol. The van der Waals surface area contributed by atoms with Crippen LogP contribution in [0.25, 0.3) is 0 Å². The summed E-state index contributed by atoms with van der Waals surface area (Å²) in [5, 5.41) is 0. The van der Waals surface area contributed by atoms with Gasteiger partial charge in [0.25, 0.3) is 0 Å². The number of nitrogens with zero attached hydrogens (tertiary/aromatic N) is 2. The van der Waals surface area contributed by atoms with E-state index in [9.17, 15) is 25.9 Å². The van der Waals surface area contributed by atoms with Gasteiger partial charge in [-0.05, 0) is 31.6 Å². The Kier molecular flexibility index (Phi) is 14.1. The molecule has 8 nitrogen and oxygen atoms in total. The van der Waals surface area contributed by atoms with E-state index in [1.54, 1.807) is 12.4 Å². The molecule has 0 radical (unpaired) electrons. The van der Waals surface area contributed by atoms with Crippen molar-refractivity contribution in [2.24, 2.45) is 10.9 Å². The van der Waals surface area contributed by atoms with Crippen molar-refractivity contribution in [3.05, 3.63) is 12.4 Å². The van der Waals surface area contributed by atoms with Crippen LogP contribution in [0, 0.1) is 5.92 Å². The van der Waals surface area contributed by atoms with Gasteiger partial charge >= 0.3 is 59.1 Å². The first-order valence-electron chi connectivity index (χ1n) is 6.87. The molecule has 0 aromatic heterocycles. The second-order valence-electron chi connectivity index (χ2n) is 5.34. The van der Waals surface area contributed by atoms with E-state index in [0.29, 0.717) is 19.4 Å². The van der Waals surface area contributed by atoms with Crippen LogP contribution >= 0.6 is 0 Å². The van der Waals surface area contributed by atoms with Crippen molar-refractivity contribution < 1.29 is 85.1 Å². The minimum Gasteiger partial charge on any atom is -0.748 e. The average molecular weight is 398 g/mol. The predicted octanol–water partition coefficient (Wildman–Crippen LogP) is -5.88. The largest absolute Gasteiger partial charge is 1.00 e. The van der Waals surface area contributed by atoms with Crippen LogP contribution in [0.4, 0.5) is 0 Å². The van der Waals surface area contributed by atoms with E-state index in [0.717, 1.165) is 5.71 Å². The van der Waals surface area contributed by atoms with Gasteiger partial charge in [-0.15, -0.1) is 0 Å². The molecule has 0 spiro atoms. The Labute approximate surface area is 188 Å². The molecule has 24 heavy (non-hydrogen) atoms. The molecule has 1 aliphatic rings. The van der Waals surface area contributed by atoms with Crippen molar-refractivity contribution in [1.29, 1.82) is 0 Å². The summed E-state index contributed by atoms with van der Waals surface area (Å²) in [6, 6.07) is 0. The van der Waals surface area contributed by atoms with E-state index >= 15 is 0 Å². The molecule has 1 aliphatic heterocycles.